The van der Waals surface area contributed by atoms with Crippen LogP contribution >= 0.6 is 0 Å². The van der Waals surface area contributed by atoms with Crippen LogP contribution in [-0.2, 0) is 6.54 Å². The normalized spacial score (nSPS) is 10.2. The van der Waals surface area contributed by atoms with E-state index in [9.17, 15) is 0 Å². The van der Waals surface area contributed by atoms with Gasteiger partial charge in [0.1, 0.15) is 17.5 Å². The van der Waals surface area contributed by atoms with Crippen molar-refractivity contribution in [2.24, 2.45) is 0 Å². The Morgan fingerprint density at radius 2 is 2.33 bits per heavy atom. The van der Waals surface area contributed by atoms with Gasteiger partial charge in [0.25, 0.3) is 0 Å². The molecule has 15 heavy (non-hydrogen) atoms. The van der Waals surface area contributed by atoms with Crippen LogP contribution in [-0.4, -0.2) is 22.0 Å². The molecule has 0 aliphatic rings. The predicted octanol–water partition coefficient (Wildman–Crippen LogP) is 1.27. The lowest BCUT2D eigenvalue weighted by molar-refractivity contribution is 0.759. The molecule has 0 aromatic carbocycles. The summed E-state index contributed by atoms with van der Waals surface area (Å²) < 4.78 is 0. The second kappa shape index (κ2) is 4.56. The molecular formula is C10H13N5. The molecule has 0 bridgehead atoms. The largest absolute Gasteiger partial charge is 0.348 e. The van der Waals surface area contributed by atoms with Crippen molar-refractivity contribution >= 4 is 11.6 Å². The molecule has 2 aromatic rings. The number of nitrogens with zero attached hydrogens (tertiary/aromatic N) is 2. The zero-order chi connectivity index (χ0) is 10.5. The van der Waals surface area contributed by atoms with E-state index in [0.717, 1.165) is 17.5 Å². The molecule has 2 heterocycles. The molecule has 0 unspecified atom stereocenters. The Labute approximate surface area is 88.0 Å². The molecule has 5 nitrogen and oxygen atoms in total. The fourth-order valence-electron chi connectivity index (χ4n) is 1.26. The van der Waals surface area contributed by atoms with Gasteiger partial charge in [0.2, 0.25) is 0 Å². The van der Waals surface area contributed by atoms with Gasteiger partial charge in [-0.05, 0) is 25.2 Å². The molecule has 0 fully saturated rings. The second-order valence-electron chi connectivity index (χ2n) is 3.10. The van der Waals surface area contributed by atoms with E-state index in [2.05, 4.69) is 25.6 Å². The third kappa shape index (κ3) is 2.54. The zero-order valence-corrected chi connectivity index (χ0v) is 8.49. The van der Waals surface area contributed by atoms with E-state index in [4.69, 9.17) is 0 Å². The Kier molecular flexibility index (Phi) is 2.94. The molecule has 3 N–H and O–H groups in total. The van der Waals surface area contributed by atoms with Crippen LogP contribution in [0.3, 0.4) is 0 Å². The molecule has 78 valence electrons. The molecule has 2 aromatic heterocycles. The molecule has 0 spiro atoms. The minimum absolute atomic E-state index is 0.667. The minimum atomic E-state index is 0.667. The Morgan fingerprint density at radius 3 is 3.07 bits per heavy atom. The summed E-state index contributed by atoms with van der Waals surface area (Å²) in [6.07, 6.45) is 3.60. The molecule has 0 atom stereocenters. The van der Waals surface area contributed by atoms with Gasteiger partial charge < -0.3 is 15.6 Å². The van der Waals surface area contributed by atoms with Crippen molar-refractivity contribution < 1.29 is 0 Å². The maximum Gasteiger partial charge on any atom is 0.144 e. The topological polar surface area (TPSA) is 65.6 Å². The predicted molar refractivity (Wildman–Crippen MR) is 58.9 cm³/mol. The fourth-order valence-corrected chi connectivity index (χ4v) is 1.26. The van der Waals surface area contributed by atoms with E-state index in [1.807, 2.05) is 31.4 Å². The van der Waals surface area contributed by atoms with E-state index >= 15 is 0 Å². The van der Waals surface area contributed by atoms with Crippen molar-refractivity contribution in [3.8, 4) is 0 Å². The number of nitrogens with one attached hydrogen (secondary N) is 3. The maximum atomic E-state index is 4.33. The van der Waals surface area contributed by atoms with E-state index in [1.54, 1.807) is 6.20 Å². The highest BCUT2D eigenvalue weighted by Crippen LogP contribution is 2.10. The average Bonchev–Trinajstić information content (AvgIpc) is 2.71. The lowest BCUT2D eigenvalue weighted by atomic mass is 10.5. The van der Waals surface area contributed by atoms with Crippen molar-refractivity contribution in [3.63, 3.8) is 0 Å². The van der Waals surface area contributed by atoms with Crippen LogP contribution in [0, 0.1) is 0 Å². The van der Waals surface area contributed by atoms with Crippen LogP contribution < -0.4 is 10.6 Å². The summed E-state index contributed by atoms with van der Waals surface area (Å²) in [5.74, 6) is 2.48. The molecular weight excluding hydrogens is 190 g/mol. The van der Waals surface area contributed by atoms with Gasteiger partial charge in [-0.25, -0.2) is 9.97 Å². The third-order valence-electron chi connectivity index (χ3n) is 1.90. The maximum absolute atomic E-state index is 4.33. The first-order valence-electron chi connectivity index (χ1n) is 4.75. The Morgan fingerprint density at radius 1 is 1.40 bits per heavy atom. The lowest BCUT2D eigenvalue weighted by Crippen LogP contribution is -2.09. The van der Waals surface area contributed by atoms with Gasteiger partial charge in [0, 0.05) is 12.4 Å². The Bertz CT molecular complexity index is 410. The molecule has 0 aliphatic heterocycles. The number of hydrogen-bond donors (Lipinski definition) is 3. The highest BCUT2D eigenvalue weighted by atomic mass is 15.1. The standard InChI is InChI=1S/C10H13N5/c1-11-7-10-13-6-4-9(15-10)14-8-3-2-5-12-8/h2-6,11-12H,7H2,1H3,(H,13,14,15). The lowest BCUT2D eigenvalue weighted by Gasteiger charge is -2.04. The summed E-state index contributed by atoms with van der Waals surface area (Å²) in [7, 11) is 1.87. The summed E-state index contributed by atoms with van der Waals surface area (Å²) in [4.78, 5) is 11.5. The van der Waals surface area contributed by atoms with Gasteiger partial charge in [0.15, 0.2) is 0 Å². The SMILES string of the molecule is CNCc1nccc(Nc2ccc[nH]2)n1. The van der Waals surface area contributed by atoms with Crippen LogP contribution in [0.25, 0.3) is 0 Å². The number of rotatable bonds is 4. The zero-order valence-electron chi connectivity index (χ0n) is 8.49. The van der Waals surface area contributed by atoms with Crippen molar-refractivity contribution in [3.05, 3.63) is 36.4 Å². The number of aromatic amines is 1. The number of H-pyrrole nitrogens is 1. The summed E-state index contributed by atoms with van der Waals surface area (Å²) in [5.41, 5.74) is 0. The van der Waals surface area contributed by atoms with E-state index in [-0.39, 0.29) is 0 Å². The number of anilines is 2. The summed E-state index contributed by atoms with van der Waals surface area (Å²) in [6, 6.07) is 5.71. The molecule has 0 radical (unpaired) electrons. The van der Waals surface area contributed by atoms with E-state index in [0.29, 0.717) is 6.54 Å². The summed E-state index contributed by atoms with van der Waals surface area (Å²) in [6.45, 7) is 0.667. The van der Waals surface area contributed by atoms with Gasteiger partial charge in [-0.15, -0.1) is 0 Å². The molecule has 5 heteroatoms. The van der Waals surface area contributed by atoms with E-state index < -0.39 is 0 Å². The van der Waals surface area contributed by atoms with Crippen LogP contribution in [0.5, 0.6) is 0 Å². The van der Waals surface area contributed by atoms with Gasteiger partial charge in [-0.2, -0.15) is 0 Å². The monoisotopic (exact) mass is 203 g/mol. The van der Waals surface area contributed by atoms with Crippen LogP contribution in [0.1, 0.15) is 5.82 Å². The highest BCUT2D eigenvalue weighted by Gasteiger charge is 1.98. The number of hydrogen-bond acceptors (Lipinski definition) is 4. The highest BCUT2D eigenvalue weighted by molar-refractivity contribution is 5.50. The molecule has 0 saturated heterocycles. The van der Waals surface area contributed by atoms with Crippen molar-refractivity contribution in [2.75, 3.05) is 12.4 Å². The van der Waals surface area contributed by atoms with Crippen LogP contribution in [0.15, 0.2) is 30.6 Å². The van der Waals surface area contributed by atoms with Crippen molar-refractivity contribution in [2.45, 2.75) is 6.54 Å². The summed E-state index contributed by atoms with van der Waals surface area (Å²) >= 11 is 0. The van der Waals surface area contributed by atoms with Gasteiger partial charge in [0.05, 0.1) is 6.54 Å². The third-order valence-corrected chi connectivity index (χ3v) is 1.90. The molecule has 0 aliphatic carbocycles. The smallest absolute Gasteiger partial charge is 0.144 e. The Balaban J connectivity index is 2.11. The molecule has 2 rings (SSSR count). The van der Waals surface area contributed by atoms with Crippen LogP contribution in [0.4, 0.5) is 11.6 Å². The number of aromatic nitrogens is 3. The first-order chi connectivity index (χ1) is 7.38. The van der Waals surface area contributed by atoms with Gasteiger partial charge >= 0.3 is 0 Å². The van der Waals surface area contributed by atoms with Crippen LogP contribution in [0.2, 0.25) is 0 Å². The summed E-state index contributed by atoms with van der Waals surface area (Å²) in [5, 5.41) is 6.16. The quantitative estimate of drug-likeness (QED) is 0.700. The van der Waals surface area contributed by atoms with Crippen molar-refractivity contribution in [1.29, 1.82) is 0 Å². The first-order valence-corrected chi connectivity index (χ1v) is 4.75. The Hall–Kier alpha value is -1.88. The van der Waals surface area contributed by atoms with Gasteiger partial charge in [-0.3, -0.25) is 0 Å². The second-order valence-corrected chi connectivity index (χ2v) is 3.10. The minimum Gasteiger partial charge on any atom is -0.348 e. The molecule has 0 amide bonds. The van der Waals surface area contributed by atoms with Crippen molar-refractivity contribution in [1.82, 2.24) is 20.3 Å². The first kappa shape index (κ1) is 9.67. The fraction of sp³-hybridized carbons (Fsp3) is 0.200. The van der Waals surface area contributed by atoms with E-state index in [1.165, 1.54) is 0 Å². The molecule has 0 saturated carbocycles. The average molecular weight is 203 g/mol. The van der Waals surface area contributed by atoms with Gasteiger partial charge in [-0.1, -0.05) is 0 Å².